The minimum absolute atomic E-state index is 0.0474. The van der Waals surface area contributed by atoms with E-state index < -0.39 is 0 Å². The number of piperidine rings is 1. The first kappa shape index (κ1) is 29.6. The number of hydrogen-bond acceptors (Lipinski definition) is 9. The monoisotopic (exact) mass is 570 g/mol. The van der Waals surface area contributed by atoms with E-state index in [1.165, 1.54) is 26.3 Å². The molecule has 1 aromatic carbocycles. The predicted octanol–water partition coefficient (Wildman–Crippen LogP) is 4.56. The second-order valence-corrected chi connectivity index (χ2v) is 10.9. The van der Waals surface area contributed by atoms with E-state index >= 15 is 0 Å². The van der Waals surface area contributed by atoms with Crippen LogP contribution in [0.1, 0.15) is 51.5 Å². The Morgan fingerprint density at radius 1 is 1.23 bits per heavy atom. The molecule has 0 spiro atoms. The van der Waals surface area contributed by atoms with Crippen molar-refractivity contribution in [2.24, 2.45) is 0 Å². The number of nitrogens with zero attached hydrogens (tertiary/aromatic N) is 4. The summed E-state index contributed by atoms with van der Waals surface area (Å²) < 4.78 is 11.6. The smallest absolute Gasteiger partial charge is 0.257 e. The Bertz CT molecular complexity index is 1210. The Labute approximate surface area is 241 Å². The maximum absolute atomic E-state index is 11.7. The van der Waals surface area contributed by atoms with Gasteiger partial charge in [-0.1, -0.05) is 11.6 Å². The first-order valence-electron chi connectivity index (χ1n) is 13.8. The van der Waals surface area contributed by atoms with Crippen LogP contribution in [0.2, 0.25) is 5.02 Å². The Balaban J connectivity index is 1.52. The number of carbonyl (C=O) groups excluding carboxylic acids is 2. The highest BCUT2D eigenvalue weighted by atomic mass is 35.5. The fraction of sp³-hybridized carbons (Fsp3) is 0.517. The number of aldehydes is 1. The lowest BCUT2D eigenvalue weighted by atomic mass is 9.95. The second kappa shape index (κ2) is 13.8. The van der Waals surface area contributed by atoms with Gasteiger partial charge in [0.25, 0.3) is 5.91 Å². The van der Waals surface area contributed by atoms with E-state index in [1.54, 1.807) is 12.3 Å². The van der Waals surface area contributed by atoms with Crippen LogP contribution in [0.25, 0.3) is 6.08 Å². The van der Waals surface area contributed by atoms with Gasteiger partial charge >= 0.3 is 0 Å². The van der Waals surface area contributed by atoms with Gasteiger partial charge in [-0.3, -0.25) is 9.59 Å². The number of carbonyl (C=O) groups is 2. The van der Waals surface area contributed by atoms with Crippen molar-refractivity contribution >= 4 is 53.0 Å². The van der Waals surface area contributed by atoms with E-state index in [2.05, 4.69) is 39.3 Å². The summed E-state index contributed by atoms with van der Waals surface area (Å²) in [6, 6.07) is 5.99. The molecule has 10 nitrogen and oxygen atoms in total. The van der Waals surface area contributed by atoms with Gasteiger partial charge in [0.2, 0.25) is 5.95 Å². The zero-order chi connectivity index (χ0) is 28.6. The number of likely N-dealkylation sites (N-methyl/N-ethyl adjacent to an activating group) is 1. The van der Waals surface area contributed by atoms with Crippen molar-refractivity contribution in [1.82, 2.24) is 15.3 Å². The maximum Gasteiger partial charge on any atom is 0.257 e. The lowest BCUT2D eigenvalue weighted by Crippen LogP contribution is -2.40. The summed E-state index contributed by atoms with van der Waals surface area (Å²) in [6.07, 6.45) is 10.1. The van der Waals surface area contributed by atoms with E-state index in [0.717, 1.165) is 42.9 Å². The van der Waals surface area contributed by atoms with E-state index in [1.807, 2.05) is 25.2 Å². The molecule has 2 aliphatic rings. The molecule has 2 N–H and O–H groups in total. The Kier molecular flexibility index (Phi) is 10.2. The summed E-state index contributed by atoms with van der Waals surface area (Å²) in [5.41, 5.74) is 2.35. The minimum Gasteiger partial charge on any atom is -0.480 e. The molecule has 1 saturated carbocycles. The Morgan fingerprint density at radius 3 is 2.58 bits per heavy atom. The minimum atomic E-state index is -0.327. The standard InChI is InChI=1S/C29H39ClN6O4/c1-19(2)35(4)26-9-8-21(14-20(26)15-24(17-37)39-18-27(38)31-3)33-28-25(30)16-32-29(34-28)36-12-10-23(11-13-36)40-22-6-5-7-22/h8-9,14-17,19,22-23H,5-7,10-13,18H2,1-4H3,(H,31,38)(H,32,33,34)/b24-15+. The largest absolute Gasteiger partial charge is 0.480 e. The molecule has 1 amide bonds. The number of benzene rings is 1. The molecule has 0 unspecified atom stereocenters. The van der Waals surface area contributed by atoms with Crippen molar-refractivity contribution in [1.29, 1.82) is 0 Å². The summed E-state index contributed by atoms with van der Waals surface area (Å²) in [6.45, 7) is 5.56. The molecule has 11 heteroatoms. The summed E-state index contributed by atoms with van der Waals surface area (Å²) in [5, 5.41) is 6.19. The molecule has 1 aromatic heterocycles. The van der Waals surface area contributed by atoms with E-state index in [0.29, 0.717) is 35.3 Å². The molecule has 2 aromatic rings. The number of aromatic nitrogens is 2. The normalized spacial score (nSPS) is 16.4. The summed E-state index contributed by atoms with van der Waals surface area (Å²) in [4.78, 5) is 36.8. The van der Waals surface area contributed by atoms with E-state index in [9.17, 15) is 9.59 Å². The molecule has 2 heterocycles. The number of ether oxygens (including phenoxy) is 2. The zero-order valence-electron chi connectivity index (χ0n) is 23.7. The zero-order valence-corrected chi connectivity index (χ0v) is 24.4. The van der Waals surface area contributed by atoms with Crippen molar-refractivity contribution < 1.29 is 19.1 Å². The van der Waals surface area contributed by atoms with Gasteiger partial charge in [0.05, 0.1) is 18.4 Å². The van der Waals surface area contributed by atoms with Gasteiger partial charge in [0, 0.05) is 50.2 Å². The Morgan fingerprint density at radius 2 is 1.95 bits per heavy atom. The molecular formula is C29H39ClN6O4. The van der Waals surface area contributed by atoms with Crippen LogP contribution in [0.4, 0.5) is 23.1 Å². The van der Waals surface area contributed by atoms with Gasteiger partial charge < -0.3 is 29.9 Å². The van der Waals surface area contributed by atoms with Crippen LogP contribution in [0.5, 0.6) is 0 Å². The van der Waals surface area contributed by atoms with Crippen LogP contribution in [-0.2, 0) is 19.1 Å². The van der Waals surface area contributed by atoms with Crippen LogP contribution < -0.4 is 20.4 Å². The second-order valence-electron chi connectivity index (χ2n) is 10.5. The SMILES string of the molecule is CNC(=O)CO/C(C=O)=C/c1cc(Nc2nc(N3CCC(OC4CCC4)CC3)ncc2Cl)ccc1N(C)C(C)C. The molecule has 0 radical (unpaired) electrons. The van der Waals surface area contributed by atoms with Crippen LogP contribution in [0.15, 0.2) is 30.2 Å². The fourth-order valence-electron chi connectivity index (χ4n) is 4.54. The van der Waals surface area contributed by atoms with Crippen molar-refractivity contribution in [3.05, 3.63) is 40.7 Å². The molecule has 0 atom stereocenters. The summed E-state index contributed by atoms with van der Waals surface area (Å²) >= 11 is 6.49. The molecule has 1 aliphatic carbocycles. The van der Waals surface area contributed by atoms with Gasteiger partial charge in [-0.05, 0) is 70.2 Å². The van der Waals surface area contributed by atoms with Gasteiger partial charge in [0.1, 0.15) is 5.02 Å². The van der Waals surface area contributed by atoms with Crippen LogP contribution in [0, 0.1) is 0 Å². The van der Waals surface area contributed by atoms with Crippen LogP contribution in [-0.4, -0.2) is 74.2 Å². The molecule has 1 saturated heterocycles. The number of halogens is 1. The van der Waals surface area contributed by atoms with Crippen molar-refractivity contribution in [3.8, 4) is 0 Å². The Hall–Kier alpha value is -3.37. The van der Waals surface area contributed by atoms with E-state index in [-0.39, 0.29) is 24.3 Å². The molecular weight excluding hydrogens is 532 g/mol. The third-order valence-corrected chi connectivity index (χ3v) is 7.68. The van der Waals surface area contributed by atoms with Crippen molar-refractivity contribution in [2.45, 2.75) is 64.2 Å². The number of nitrogens with one attached hydrogen (secondary N) is 2. The van der Waals surface area contributed by atoms with Gasteiger partial charge in [0.15, 0.2) is 24.5 Å². The molecule has 40 heavy (non-hydrogen) atoms. The maximum atomic E-state index is 11.7. The average Bonchev–Trinajstić information content (AvgIpc) is 2.94. The molecule has 1 aliphatic heterocycles. The highest BCUT2D eigenvalue weighted by Crippen LogP contribution is 2.32. The van der Waals surface area contributed by atoms with Gasteiger partial charge in [-0.25, -0.2) is 4.98 Å². The third-order valence-electron chi connectivity index (χ3n) is 7.40. The number of amides is 1. The van der Waals surface area contributed by atoms with Crippen LogP contribution >= 0.6 is 11.6 Å². The number of rotatable bonds is 12. The first-order chi connectivity index (χ1) is 19.3. The lowest BCUT2D eigenvalue weighted by molar-refractivity contribution is -0.124. The van der Waals surface area contributed by atoms with Crippen LogP contribution in [0.3, 0.4) is 0 Å². The predicted molar refractivity (Wildman–Crippen MR) is 158 cm³/mol. The quantitative estimate of drug-likeness (QED) is 0.216. The number of anilines is 4. The van der Waals surface area contributed by atoms with Crippen molar-refractivity contribution in [3.63, 3.8) is 0 Å². The van der Waals surface area contributed by atoms with Crippen molar-refractivity contribution in [2.75, 3.05) is 48.9 Å². The van der Waals surface area contributed by atoms with Gasteiger partial charge in [-0.2, -0.15) is 4.98 Å². The number of hydrogen-bond donors (Lipinski definition) is 2. The third kappa shape index (κ3) is 7.63. The fourth-order valence-corrected chi connectivity index (χ4v) is 4.68. The molecule has 216 valence electrons. The lowest BCUT2D eigenvalue weighted by Gasteiger charge is -2.36. The summed E-state index contributed by atoms with van der Waals surface area (Å²) in [7, 11) is 3.49. The average molecular weight is 571 g/mol. The molecule has 2 fully saturated rings. The summed E-state index contributed by atoms with van der Waals surface area (Å²) in [5.74, 6) is 0.834. The molecule has 4 rings (SSSR count). The van der Waals surface area contributed by atoms with E-state index in [4.69, 9.17) is 26.1 Å². The number of allylic oxidation sites excluding steroid dienone is 1. The highest BCUT2D eigenvalue weighted by molar-refractivity contribution is 6.32. The highest BCUT2D eigenvalue weighted by Gasteiger charge is 2.27. The first-order valence-corrected chi connectivity index (χ1v) is 14.2. The molecule has 0 bridgehead atoms. The topological polar surface area (TPSA) is 109 Å². The van der Waals surface area contributed by atoms with Gasteiger partial charge in [-0.15, -0.1) is 0 Å².